The maximum atomic E-state index is 4.43. The fraction of sp³-hybridized carbons (Fsp3) is 0.812. The molecule has 0 saturated carbocycles. The summed E-state index contributed by atoms with van der Waals surface area (Å²) in [5.41, 5.74) is 1.35. The van der Waals surface area contributed by atoms with Gasteiger partial charge in [0.25, 0.3) is 0 Å². The standard InChI is InChI=1S/C16H31N3/c1-6-8-9-14(7-2)10-17-11-15-12-18-19(13-15)16(3,4)5/h12-14,17H,6-11H2,1-5H3. The van der Waals surface area contributed by atoms with E-state index in [9.17, 15) is 0 Å². The Morgan fingerprint density at radius 2 is 2.05 bits per heavy atom. The molecule has 3 nitrogen and oxygen atoms in total. The molecule has 1 N–H and O–H groups in total. The van der Waals surface area contributed by atoms with Gasteiger partial charge in [0.05, 0.1) is 11.7 Å². The van der Waals surface area contributed by atoms with Crippen LogP contribution in [0.3, 0.4) is 0 Å². The van der Waals surface area contributed by atoms with E-state index < -0.39 is 0 Å². The molecule has 0 saturated heterocycles. The first kappa shape index (κ1) is 16.2. The minimum Gasteiger partial charge on any atom is -0.312 e. The van der Waals surface area contributed by atoms with Crippen LogP contribution in [-0.2, 0) is 12.1 Å². The first-order chi connectivity index (χ1) is 8.97. The van der Waals surface area contributed by atoms with Gasteiger partial charge in [0.2, 0.25) is 0 Å². The molecule has 0 amide bonds. The Morgan fingerprint density at radius 3 is 2.58 bits per heavy atom. The summed E-state index contributed by atoms with van der Waals surface area (Å²) in [6, 6.07) is 0. The second kappa shape index (κ2) is 7.68. The molecule has 0 radical (unpaired) electrons. The van der Waals surface area contributed by atoms with Gasteiger partial charge in [0, 0.05) is 18.3 Å². The minimum absolute atomic E-state index is 0.0747. The number of unbranched alkanes of at least 4 members (excludes halogenated alkanes) is 1. The van der Waals surface area contributed by atoms with Crippen LogP contribution in [0.1, 0.15) is 65.9 Å². The van der Waals surface area contributed by atoms with Crippen LogP contribution in [0.2, 0.25) is 0 Å². The van der Waals surface area contributed by atoms with Crippen LogP contribution < -0.4 is 5.32 Å². The molecule has 1 unspecified atom stereocenters. The molecule has 19 heavy (non-hydrogen) atoms. The average Bonchev–Trinajstić information content (AvgIpc) is 2.82. The lowest BCUT2D eigenvalue weighted by Crippen LogP contribution is -2.23. The van der Waals surface area contributed by atoms with Crippen LogP contribution in [0.5, 0.6) is 0 Å². The van der Waals surface area contributed by atoms with E-state index in [0.717, 1.165) is 19.0 Å². The number of hydrogen-bond donors (Lipinski definition) is 1. The van der Waals surface area contributed by atoms with Crippen LogP contribution in [0.4, 0.5) is 0 Å². The highest BCUT2D eigenvalue weighted by Gasteiger charge is 2.13. The Bertz CT molecular complexity index is 349. The van der Waals surface area contributed by atoms with E-state index in [0.29, 0.717) is 0 Å². The summed E-state index contributed by atoms with van der Waals surface area (Å²) in [6.45, 7) is 13.1. The van der Waals surface area contributed by atoms with Crippen molar-refractivity contribution in [2.24, 2.45) is 5.92 Å². The van der Waals surface area contributed by atoms with E-state index in [-0.39, 0.29) is 5.54 Å². The topological polar surface area (TPSA) is 29.9 Å². The Labute approximate surface area is 118 Å². The number of aromatic nitrogens is 2. The van der Waals surface area contributed by atoms with Gasteiger partial charge in [0.1, 0.15) is 0 Å². The van der Waals surface area contributed by atoms with Crippen molar-refractivity contribution >= 4 is 0 Å². The van der Waals surface area contributed by atoms with Crippen LogP contribution in [0.15, 0.2) is 12.4 Å². The second-order valence-electron chi connectivity index (χ2n) is 6.51. The molecule has 0 fully saturated rings. The first-order valence-electron chi connectivity index (χ1n) is 7.72. The van der Waals surface area contributed by atoms with Crippen LogP contribution in [0, 0.1) is 5.92 Å². The molecule has 3 heteroatoms. The van der Waals surface area contributed by atoms with Gasteiger partial charge >= 0.3 is 0 Å². The van der Waals surface area contributed by atoms with Gasteiger partial charge in [-0.3, -0.25) is 4.68 Å². The zero-order valence-corrected chi connectivity index (χ0v) is 13.4. The summed E-state index contributed by atoms with van der Waals surface area (Å²) in [6.07, 6.45) is 9.40. The van der Waals surface area contributed by atoms with Crippen LogP contribution in [0.25, 0.3) is 0 Å². The largest absolute Gasteiger partial charge is 0.312 e. The lowest BCUT2D eigenvalue weighted by molar-refractivity contribution is 0.355. The summed E-state index contributed by atoms with van der Waals surface area (Å²) in [4.78, 5) is 0. The van der Waals surface area contributed by atoms with E-state index in [1.54, 1.807) is 0 Å². The quantitative estimate of drug-likeness (QED) is 0.771. The second-order valence-corrected chi connectivity index (χ2v) is 6.51. The zero-order valence-electron chi connectivity index (χ0n) is 13.4. The maximum Gasteiger partial charge on any atom is 0.0543 e. The zero-order chi connectivity index (χ0) is 14.3. The van der Waals surface area contributed by atoms with Crippen LogP contribution in [-0.4, -0.2) is 16.3 Å². The third kappa shape index (κ3) is 5.77. The fourth-order valence-electron chi connectivity index (χ4n) is 2.18. The normalized spacial score (nSPS) is 13.7. The van der Waals surface area contributed by atoms with E-state index in [4.69, 9.17) is 0 Å². The fourth-order valence-corrected chi connectivity index (χ4v) is 2.18. The van der Waals surface area contributed by atoms with Crippen molar-refractivity contribution in [1.82, 2.24) is 15.1 Å². The van der Waals surface area contributed by atoms with Crippen molar-refractivity contribution in [2.45, 2.75) is 72.4 Å². The average molecular weight is 265 g/mol. The molecule has 1 aromatic heterocycles. The van der Waals surface area contributed by atoms with Crippen LogP contribution >= 0.6 is 0 Å². The summed E-state index contributed by atoms with van der Waals surface area (Å²) in [5, 5.41) is 8.00. The van der Waals surface area contributed by atoms with E-state index >= 15 is 0 Å². The van der Waals surface area contributed by atoms with Gasteiger partial charge in [-0.25, -0.2) is 0 Å². The van der Waals surface area contributed by atoms with Crippen molar-refractivity contribution < 1.29 is 0 Å². The predicted octanol–water partition coefficient (Wildman–Crippen LogP) is 3.94. The maximum absolute atomic E-state index is 4.43. The third-order valence-electron chi connectivity index (χ3n) is 3.63. The SMILES string of the molecule is CCCCC(CC)CNCc1cnn(C(C)(C)C)c1. The van der Waals surface area contributed by atoms with Gasteiger partial charge in [-0.15, -0.1) is 0 Å². The van der Waals surface area contributed by atoms with Gasteiger partial charge in [-0.05, 0) is 39.7 Å². The van der Waals surface area contributed by atoms with Gasteiger partial charge in [-0.1, -0.05) is 33.1 Å². The Kier molecular flexibility index (Phi) is 6.56. The lowest BCUT2D eigenvalue weighted by Gasteiger charge is -2.18. The molecule has 1 rings (SSSR count). The number of hydrogen-bond acceptors (Lipinski definition) is 2. The van der Waals surface area contributed by atoms with Gasteiger partial charge in [0.15, 0.2) is 0 Å². The van der Waals surface area contributed by atoms with Crippen molar-refractivity contribution in [3.8, 4) is 0 Å². The molecule has 0 aliphatic rings. The minimum atomic E-state index is 0.0747. The highest BCUT2D eigenvalue weighted by Crippen LogP contribution is 2.14. The summed E-state index contributed by atoms with van der Waals surface area (Å²) >= 11 is 0. The van der Waals surface area contributed by atoms with Crippen molar-refractivity contribution in [1.29, 1.82) is 0 Å². The molecule has 0 spiro atoms. The third-order valence-corrected chi connectivity index (χ3v) is 3.63. The Hall–Kier alpha value is -0.830. The van der Waals surface area contributed by atoms with E-state index in [1.807, 2.05) is 10.9 Å². The Morgan fingerprint density at radius 1 is 1.32 bits per heavy atom. The number of rotatable bonds is 8. The highest BCUT2D eigenvalue weighted by molar-refractivity contribution is 5.04. The van der Waals surface area contributed by atoms with Crippen molar-refractivity contribution in [3.63, 3.8) is 0 Å². The molecule has 110 valence electrons. The molecule has 0 bridgehead atoms. The number of nitrogens with zero attached hydrogens (tertiary/aromatic N) is 2. The monoisotopic (exact) mass is 265 g/mol. The summed E-state index contributed by atoms with van der Waals surface area (Å²) in [5.74, 6) is 0.817. The summed E-state index contributed by atoms with van der Waals surface area (Å²) < 4.78 is 2.04. The highest BCUT2D eigenvalue weighted by atomic mass is 15.3. The van der Waals surface area contributed by atoms with Crippen molar-refractivity contribution in [3.05, 3.63) is 18.0 Å². The molecular formula is C16H31N3. The number of nitrogens with one attached hydrogen (secondary N) is 1. The Balaban J connectivity index is 2.34. The van der Waals surface area contributed by atoms with Crippen molar-refractivity contribution in [2.75, 3.05) is 6.54 Å². The molecule has 1 aromatic rings. The van der Waals surface area contributed by atoms with E-state index in [2.05, 4.69) is 51.2 Å². The lowest BCUT2D eigenvalue weighted by atomic mass is 9.99. The van der Waals surface area contributed by atoms with Gasteiger partial charge in [-0.2, -0.15) is 5.10 Å². The predicted molar refractivity (Wildman–Crippen MR) is 82.2 cm³/mol. The molecule has 1 atom stereocenters. The summed E-state index contributed by atoms with van der Waals surface area (Å²) in [7, 11) is 0. The first-order valence-corrected chi connectivity index (χ1v) is 7.72. The molecule has 0 aromatic carbocycles. The smallest absolute Gasteiger partial charge is 0.0543 e. The molecular weight excluding hydrogens is 234 g/mol. The molecule has 0 aliphatic carbocycles. The molecule has 1 heterocycles. The van der Waals surface area contributed by atoms with Gasteiger partial charge < -0.3 is 5.32 Å². The van der Waals surface area contributed by atoms with E-state index in [1.165, 1.54) is 31.2 Å². The molecule has 0 aliphatic heterocycles.